The topological polar surface area (TPSA) is 92.8 Å². The van der Waals surface area contributed by atoms with Gasteiger partial charge >= 0.3 is 5.97 Å². The molecule has 0 unspecified atom stereocenters. The van der Waals surface area contributed by atoms with Crippen LogP contribution >= 0.6 is 11.3 Å². The fourth-order valence-corrected chi connectivity index (χ4v) is 6.62. The Morgan fingerprint density at radius 2 is 1.81 bits per heavy atom. The average Bonchev–Trinajstić information content (AvgIpc) is 3.16. The summed E-state index contributed by atoms with van der Waals surface area (Å²) < 4.78 is 32.2. The number of amides is 1. The van der Waals surface area contributed by atoms with Crippen molar-refractivity contribution in [3.63, 3.8) is 0 Å². The molecule has 1 aliphatic carbocycles. The van der Waals surface area contributed by atoms with Crippen LogP contribution in [0.5, 0.6) is 0 Å². The number of carbonyl (C=O) groups is 2. The Morgan fingerprint density at radius 1 is 1.12 bits per heavy atom. The molecule has 1 amide bonds. The van der Waals surface area contributed by atoms with Gasteiger partial charge in [-0.15, -0.1) is 11.3 Å². The van der Waals surface area contributed by atoms with Gasteiger partial charge in [-0.1, -0.05) is 20.3 Å². The zero-order valence-corrected chi connectivity index (χ0v) is 20.4. The third kappa shape index (κ3) is 5.05. The third-order valence-corrected chi connectivity index (χ3v) is 8.85. The molecule has 1 aliphatic rings. The first-order valence-electron chi connectivity index (χ1n) is 11.0. The Labute approximate surface area is 193 Å². The van der Waals surface area contributed by atoms with Gasteiger partial charge in [0.15, 0.2) is 0 Å². The smallest absolute Gasteiger partial charge is 0.341 e. The molecule has 0 saturated carbocycles. The number of carbonyl (C=O) groups excluding carboxylic acids is 2. The van der Waals surface area contributed by atoms with Crippen LogP contribution in [0.4, 0.5) is 5.00 Å². The first kappa shape index (κ1) is 24.4. The van der Waals surface area contributed by atoms with Crippen molar-refractivity contribution in [1.29, 1.82) is 0 Å². The molecule has 32 heavy (non-hydrogen) atoms. The number of rotatable bonds is 9. The normalized spacial score (nSPS) is 13.6. The number of nitrogens with one attached hydrogen (secondary N) is 1. The third-order valence-electron chi connectivity index (χ3n) is 5.66. The van der Waals surface area contributed by atoms with Gasteiger partial charge in [-0.05, 0) is 61.9 Å². The molecule has 0 saturated heterocycles. The van der Waals surface area contributed by atoms with E-state index in [1.807, 2.05) is 13.8 Å². The zero-order chi connectivity index (χ0) is 23.3. The largest absolute Gasteiger partial charge is 0.465 e. The number of benzene rings is 1. The predicted octanol–water partition coefficient (Wildman–Crippen LogP) is 4.48. The van der Waals surface area contributed by atoms with E-state index in [1.54, 1.807) is 0 Å². The fraction of sp³-hybridized carbons (Fsp3) is 0.478. The molecule has 1 aromatic carbocycles. The molecule has 1 aromatic heterocycles. The van der Waals surface area contributed by atoms with Crippen LogP contribution in [0.15, 0.2) is 29.2 Å². The zero-order valence-electron chi connectivity index (χ0n) is 18.8. The lowest BCUT2D eigenvalue weighted by atomic mass is 9.95. The second-order valence-corrected chi connectivity index (χ2v) is 10.8. The molecule has 1 heterocycles. The van der Waals surface area contributed by atoms with E-state index in [9.17, 15) is 18.0 Å². The molecule has 0 spiro atoms. The molecule has 0 bridgehead atoms. The molecule has 0 aliphatic heterocycles. The van der Waals surface area contributed by atoms with Gasteiger partial charge in [-0.3, -0.25) is 4.79 Å². The van der Waals surface area contributed by atoms with Crippen molar-refractivity contribution >= 4 is 38.2 Å². The Balaban J connectivity index is 1.81. The standard InChI is InChI=1S/C23H30N2O5S2/c1-4-6-15-25(5-2)32(28,29)17-13-11-16(12-14-17)21(26)24-22-20(23(27)30-3)18-9-7-8-10-19(18)31-22/h11-14H,4-10,15H2,1-3H3,(H,24,26). The molecule has 2 aromatic rings. The van der Waals surface area contributed by atoms with Crippen molar-refractivity contribution in [3.05, 3.63) is 45.8 Å². The molecular formula is C23H30N2O5S2. The maximum atomic E-state index is 12.9. The van der Waals surface area contributed by atoms with Gasteiger partial charge in [0.2, 0.25) is 10.0 Å². The van der Waals surface area contributed by atoms with Crippen LogP contribution in [-0.2, 0) is 27.6 Å². The minimum Gasteiger partial charge on any atom is -0.465 e. The minimum atomic E-state index is -3.61. The Bertz CT molecular complexity index is 1070. The number of hydrogen-bond acceptors (Lipinski definition) is 6. The number of ether oxygens (including phenoxy) is 1. The maximum Gasteiger partial charge on any atom is 0.341 e. The van der Waals surface area contributed by atoms with Gasteiger partial charge in [-0.25, -0.2) is 13.2 Å². The summed E-state index contributed by atoms with van der Waals surface area (Å²) in [6.07, 6.45) is 5.45. The van der Waals surface area contributed by atoms with Crippen LogP contribution in [0.3, 0.4) is 0 Å². The lowest BCUT2D eigenvalue weighted by Crippen LogP contribution is -2.31. The molecule has 9 heteroatoms. The summed E-state index contributed by atoms with van der Waals surface area (Å²) in [5, 5.41) is 3.33. The van der Waals surface area contributed by atoms with Crippen LogP contribution in [-0.4, -0.2) is 44.8 Å². The van der Waals surface area contributed by atoms with Crippen LogP contribution in [0.25, 0.3) is 0 Å². The molecule has 3 rings (SSSR count). The Morgan fingerprint density at radius 3 is 2.44 bits per heavy atom. The highest BCUT2D eigenvalue weighted by Gasteiger charge is 2.27. The highest BCUT2D eigenvalue weighted by Crippen LogP contribution is 2.38. The predicted molar refractivity (Wildman–Crippen MR) is 126 cm³/mol. The average molecular weight is 479 g/mol. The number of aryl methyl sites for hydroxylation is 1. The number of hydrogen-bond donors (Lipinski definition) is 1. The van der Waals surface area contributed by atoms with E-state index in [1.165, 1.54) is 47.0 Å². The summed E-state index contributed by atoms with van der Waals surface area (Å²) in [5.74, 6) is -0.844. The van der Waals surface area contributed by atoms with Gasteiger partial charge in [0, 0.05) is 23.5 Å². The van der Waals surface area contributed by atoms with Gasteiger partial charge in [0.25, 0.3) is 5.91 Å². The van der Waals surface area contributed by atoms with Crippen molar-refractivity contribution < 1.29 is 22.7 Å². The van der Waals surface area contributed by atoms with E-state index in [4.69, 9.17) is 4.74 Å². The number of methoxy groups -OCH3 is 1. The van der Waals surface area contributed by atoms with Crippen molar-refractivity contribution in [2.24, 2.45) is 0 Å². The highest BCUT2D eigenvalue weighted by molar-refractivity contribution is 7.89. The number of sulfonamides is 1. The second-order valence-electron chi connectivity index (χ2n) is 7.74. The minimum absolute atomic E-state index is 0.161. The number of anilines is 1. The van der Waals surface area contributed by atoms with Crippen molar-refractivity contribution in [2.75, 3.05) is 25.5 Å². The maximum absolute atomic E-state index is 12.9. The molecule has 174 valence electrons. The molecular weight excluding hydrogens is 448 g/mol. The van der Waals surface area contributed by atoms with Gasteiger partial charge in [0.1, 0.15) is 5.00 Å². The van der Waals surface area contributed by atoms with E-state index in [0.717, 1.165) is 49.0 Å². The van der Waals surface area contributed by atoms with Crippen LogP contribution in [0.2, 0.25) is 0 Å². The molecule has 0 atom stereocenters. The van der Waals surface area contributed by atoms with E-state index in [2.05, 4.69) is 5.32 Å². The summed E-state index contributed by atoms with van der Waals surface area (Å²) in [4.78, 5) is 26.5. The lowest BCUT2D eigenvalue weighted by Gasteiger charge is -2.20. The first-order valence-corrected chi connectivity index (χ1v) is 13.2. The van der Waals surface area contributed by atoms with E-state index in [0.29, 0.717) is 29.2 Å². The van der Waals surface area contributed by atoms with Gasteiger partial charge in [0.05, 0.1) is 17.6 Å². The lowest BCUT2D eigenvalue weighted by molar-refractivity contribution is 0.0601. The summed E-state index contributed by atoms with van der Waals surface area (Å²) in [6, 6.07) is 5.92. The van der Waals surface area contributed by atoms with Crippen LogP contribution in [0.1, 0.15) is 70.7 Å². The summed E-state index contributed by atoms with van der Waals surface area (Å²) in [6.45, 7) is 4.69. The van der Waals surface area contributed by atoms with Crippen LogP contribution < -0.4 is 5.32 Å². The van der Waals surface area contributed by atoms with E-state index >= 15 is 0 Å². The summed E-state index contributed by atoms with van der Waals surface area (Å²) >= 11 is 1.42. The van der Waals surface area contributed by atoms with Crippen molar-refractivity contribution in [2.45, 2.75) is 57.3 Å². The fourth-order valence-electron chi connectivity index (χ4n) is 3.86. The van der Waals surface area contributed by atoms with E-state index in [-0.39, 0.29) is 4.90 Å². The molecule has 0 fully saturated rings. The Kier molecular flexibility index (Phi) is 8.08. The monoisotopic (exact) mass is 478 g/mol. The SMILES string of the molecule is CCCCN(CC)S(=O)(=O)c1ccc(C(=O)Nc2sc3c(c2C(=O)OC)CCCC3)cc1. The van der Waals surface area contributed by atoms with Crippen molar-refractivity contribution in [1.82, 2.24) is 4.31 Å². The summed E-state index contributed by atoms with van der Waals surface area (Å²) in [7, 11) is -2.27. The Hall–Kier alpha value is -2.23. The molecule has 0 radical (unpaired) electrons. The number of nitrogens with zero attached hydrogens (tertiary/aromatic N) is 1. The molecule has 1 N–H and O–H groups in total. The highest BCUT2D eigenvalue weighted by atomic mass is 32.2. The second kappa shape index (κ2) is 10.6. The number of thiophene rings is 1. The van der Waals surface area contributed by atoms with Gasteiger partial charge in [-0.2, -0.15) is 4.31 Å². The van der Waals surface area contributed by atoms with E-state index < -0.39 is 21.9 Å². The first-order chi connectivity index (χ1) is 15.3. The van der Waals surface area contributed by atoms with Crippen molar-refractivity contribution in [3.8, 4) is 0 Å². The number of fused-ring (bicyclic) bond motifs is 1. The summed E-state index contributed by atoms with van der Waals surface area (Å²) in [5.41, 5.74) is 1.73. The van der Waals surface area contributed by atoms with Gasteiger partial charge < -0.3 is 10.1 Å². The quantitative estimate of drug-likeness (QED) is 0.537. The number of unbranched alkanes of at least 4 members (excludes halogenated alkanes) is 1. The van der Waals surface area contributed by atoms with Crippen LogP contribution in [0, 0.1) is 0 Å². The number of esters is 1. The molecule has 7 nitrogen and oxygen atoms in total.